The lowest BCUT2D eigenvalue weighted by Gasteiger charge is -2.07. The molecule has 3 nitrogen and oxygen atoms in total. The number of carboxylic acid groups (broad SMARTS) is 1. The normalized spacial score (nSPS) is 10.4. The Bertz CT molecular complexity index is 332. The van der Waals surface area contributed by atoms with Crippen molar-refractivity contribution < 1.29 is 9.90 Å². The van der Waals surface area contributed by atoms with E-state index >= 15 is 0 Å². The van der Waals surface area contributed by atoms with Crippen LogP contribution in [0.5, 0.6) is 0 Å². The highest BCUT2D eigenvalue weighted by molar-refractivity contribution is 5.89. The van der Waals surface area contributed by atoms with Crippen molar-refractivity contribution in [1.29, 1.82) is 0 Å². The number of nitrogens with two attached hydrogens (primary N) is 1. The van der Waals surface area contributed by atoms with Crippen LogP contribution < -0.4 is 5.73 Å². The SMILES string of the molecule is CC(C)c1cc(N)cc(C(=O)O)c1. The molecule has 0 bridgehead atoms. The Morgan fingerprint density at radius 3 is 2.46 bits per heavy atom. The van der Waals surface area contributed by atoms with Gasteiger partial charge >= 0.3 is 5.97 Å². The molecular formula is C10H13NO2. The minimum absolute atomic E-state index is 0.253. The number of carbonyl (C=O) groups is 1. The smallest absolute Gasteiger partial charge is 0.335 e. The molecule has 13 heavy (non-hydrogen) atoms. The molecule has 0 aliphatic heterocycles. The highest BCUT2D eigenvalue weighted by atomic mass is 16.4. The molecule has 1 aromatic rings. The Hall–Kier alpha value is -1.51. The van der Waals surface area contributed by atoms with Crippen LogP contribution in [-0.2, 0) is 0 Å². The quantitative estimate of drug-likeness (QED) is 0.683. The van der Waals surface area contributed by atoms with Gasteiger partial charge in [-0.3, -0.25) is 0 Å². The Labute approximate surface area is 77.2 Å². The number of anilines is 1. The molecule has 0 aliphatic rings. The van der Waals surface area contributed by atoms with Crippen molar-refractivity contribution in [2.45, 2.75) is 19.8 Å². The van der Waals surface area contributed by atoms with Crippen LogP contribution in [-0.4, -0.2) is 11.1 Å². The van der Waals surface area contributed by atoms with Gasteiger partial charge < -0.3 is 10.8 Å². The second-order valence-corrected chi connectivity index (χ2v) is 3.35. The Kier molecular flexibility index (Phi) is 2.56. The number of hydrogen-bond donors (Lipinski definition) is 2. The summed E-state index contributed by atoms with van der Waals surface area (Å²) in [5, 5.41) is 8.76. The Morgan fingerprint density at radius 1 is 1.38 bits per heavy atom. The van der Waals surface area contributed by atoms with Crippen molar-refractivity contribution in [1.82, 2.24) is 0 Å². The zero-order chi connectivity index (χ0) is 10.0. The van der Waals surface area contributed by atoms with Crippen LogP contribution in [0.25, 0.3) is 0 Å². The van der Waals surface area contributed by atoms with Crippen molar-refractivity contribution >= 4 is 11.7 Å². The molecule has 0 unspecified atom stereocenters. The molecule has 1 aromatic carbocycles. The molecule has 0 heterocycles. The van der Waals surface area contributed by atoms with Crippen LogP contribution in [0.4, 0.5) is 5.69 Å². The van der Waals surface area contributed by atoms with Crippen molar-refractivity contribution in [3.63, 3.8) is 0 Å². The lowest BCUT2D eigenvalue weighted by molar-refractivity contribution is 0.0697. The predicted molar refractivity (Wildman–Crippen MR) is 51.9 cm³/mol. The van der Waals surface area contributed by atoms with Gasteiger partial charge in [-0.05, 0) is 29.7 Å². The van der Waals surface area contributed by atoms with Crippen LogP contribution in [0.2, 0.25) is 0 Å². The first-order chi connectivity index (χ1) is 6.00. The van der Waals surface area contributed by atoms with Crippen LogP contribution in [0.1, 0.15) is 35.7 Å². The average Bonchev–Trinajstić information content (AvgIpc) is 2.03. The van der Waals surface area contributed by atoms with E-state index in [2.05, 4.69) is 0 Å². The van der Waals surface area contributed by atoms with E-state index in [1.807, 2.05) is 13.8 Å². The molecule has 1 rings (SSSR count). The van der Waals surface area contributed by atoms with E-state index in [1.54, 1.807) is 12.1 Å². The summed E-state index contributed by atoms with van der Waals surface area (Å²) < 4.78 is 0. The number of aromatic carboxylic acids is 1. The van der Waals surface area contributed by atoms with Gasteiger partial charge in [0.1, 0.15) is 0 Å². The molecule has 0 spiro atoms. The van der Waals surface area contributed by atoms with E-state index < -0.39 is 5.97 Å². The maximum absolute atomic E-state index is 10.7. The van der Waals surface area contributed by atoms with Gasteiger partial charge in [-0.2, -0.15) is 0 Å². The summed E-state index contributed by atoms with van der Waals surface area (Å²) >= 11 is 0. The number of nitrogen functional groups attached to an aromatic ring is 1. The predicted octanol–water partition coefficient (Wildman–Crippen LogP) is 2.09. The summed E-state index contributed by atoms with van der Waals surface area (Å²) in [5.41, 5.74) is 7.28. The fourth-order valence-corrected chi connectivity index (χ4v) is 1.13. The summed E-state index contributed by atoms with van der Waals surface area (Å²) in [4.78, 5) is 10.7. The van der Waals surface area contributed by atoms with Crippen LogP contribution in [0.3, 0.4) is 0 Å². The standard InChI is InChI=1S/C10H13NO2/c1-6(2)7-3-8(10(12)13)5-9(11)4-7/h3-6H,11H2,1-2H3,(H,12,13). The zero-order valence-corrected chi connectivity index (χ0v) is 7.74. The summed E-state index contributed by atoms with van der Waals surface area (Å²) in [5.74, 6) is -0.643. The summed E-state index contributed by atoms with van der Waals surface area (Å²) in [6.45, 7) is 4.00. The number of carboxylic acids is 1. The first kappa shape index (κ1) is 9.58. The highest BCUT2D eigenvalue weighted by Crippen LogP contribution is 2.19. The van der Waals surface area contributed by atoms with Crippen molar-refractivity contribution in [2.75, 3.05) is 5.73 Å². The number of rotatable bonds is 2. The van der Waals surface area contributed by atoms with Crippen molar-refractivity contribution in [3.8, 4) is 0 Å². The van der Waals surface area contributed by atoms with Gasteiger partial charge in [0.25, 0.3) is 0 Å². The minimum Gasteiger partial charge on any atom is -0.478 e. The largest absolute Gasteiger partial charge is 0.478 e. The molecule has 0 aliphatic carbocycles. The maximum Gasteiger partial charge on any atom is 0.335 e. The molecule has 0 fully saturated rings. The number of benzene rings is 1. The third kappa shape index (κ3) is 2.21. The molecule has 3 N–H and O–H groups in total. The Morgan fingerprint density at radius 2 is 2.00 bits per heavy atom. The second kappa shape index (κ2) is 3.47. The summed E-state index contributed by atoms with van der Waals surface area (Å²) in [6, 6.07) is 4.93. The lowest BCUT2D eigenvalue weighted by atomic mass is 10.00. The summed E-state index contributed by atoms with van der Waals surface area (Å²) in [6.07, 6.45) is 0. The van der Waals surface area contributed by atoms with Gasteiger partial charge in [-0.15, -0.1) is 0 Å². The van der Waals surface area contributed by atoms with E-state index in [4.69, 9.17) is 10.8 Å². The first-order valence-corrected chi connectivity index (χ1v) is 4.14. The third-order valence-corrected chi connectivity index (χ3v) is 1.89. The van der Waals surface area contributed by atoms with E-state index in [1.165, 1.54) is 6.07 Å². The fourth-order valence-electron chi connectivity index (χ4n) is 1.13. The monoisotopic (exact) mass is 179 g/mol. The second-order valence-electron chi connectivity index (χ2n) is 3.35. The molecule has 0 amide bonds. The minimum atomic E-state index is -0.936. The van der Waals surface area contributed by atoms with Crippen LogP contribution in [0.15, 0.2) is 18.2 Å². The van der Waals surface area contributed by atoms with Gasteiger partial charge in [0.15, 0.2) is 0 Å². The fraction of sp³-hybridized carbons (Fsp3) is 0.300. The molecule has 70 valence electrons. The zero-order valence-electron chi connectivity index (χ0n) is 7.74. The van der Waals surface area contributed by atoms with E-state index in [0.29, 0.717) is 11.6 Å². The van der Waals surface area contributed by atoms with Gasteiger partial charge in [0, 0.05) is 5.69 Å². The topological polar surface area (TPSA) is 63.3 Å². The van der Waals surface area contributed by atoms with Gasteiger partial charge in [0.2, 0.25) is 0 Å². The molecular weight excluding hydrogens is 166 g/mol. The van der Waals surface area contributed by atoms with Gasteiger partial charge in [0.05, 0.1) is 5.56 Å². The van der Waals surface area contributed by atoms with Crippen LogP contribution >= 0.6 is 0 Å². The number of hydrogen-bond acceptors (Lipinski definition) is 2. The molecule has 0 saturated carbocycles. The highest BCUT2D eigenvalue weighted by Gasteiger charge is 2.07. The van der Waals surface area contributed by atoms with E-state index in [9.17, 15) is 4.79 Å². The van der Waals surface area contributed by atoms with Crippen molar-refractivity contribution in [2.24, 2.45) is 0 Å². The molecule has 0 saturated heterocycles. The average molecular weight is 179 g/mol. The summed E-state index contributed by atoms with van der Waals surface area (Å²) in [7, 11) is 0. The maximum atomic E-state index is 10.7. The van der Waals surface area contributed by atoms with E-state index in [0.717, 1.165) is 5.56 Å². The Balaban J connectivity index is 3.19. The molecule has 0 radical (unpaired) electrons. The van der Waals surface area contributed by atoms with E-state index in [-0.39, 0.29) is 5.56 Å². The third-order valence-electron chi connectivity index (χ3n) is 1.89. The van der Waals surface area contributed by atoms with Crippen LogP contribution in [0, 0.1) is 0 Å². The van der Waals surface area contributed by atoms with Gasteiger partial charge in [-0.25, -0.2) is 4.79 Å². The molecule has 0 aromatic heterocycles. The molecule has 0 atom stereocenters. The lowest BCUT2D eigenvalue weighted by Crippen LogP contribution is -2.00. The van der Waals surface area contributed by atoms with Crippen molar-refractivity contribution in [3.05, 3.63) is 29.3 Å². The van der Waals surface area contributed by atoms with Gasteiger partial charge in [-0.1, -0.05) is 13.8 Å². The molecule has 3 heteroatoms. The first-order valence-electron chi connectivity index (χ1n) is 4.14.